The van der Waals surface area contributed by atoms with Gasteiger partial charge in [0.2, 0.25) is 11.9 Å². The third-order valence-corrected chi connectivity index (χ3v) is 4.56. The van der Waals surface area contributed by atoms with E-state index >= 15 is 0 Å². The first kappa shape index (κ1) is 25.0. The van der Waals surface area contributed by atoms with E-state index in [2.05, 4.69) is 25.6 Å². The number of carboxylic acids is 1. The molecule has 2 aromatic carbocycles. The lowest BCUT2D eigenvalue weighted by Crippen LogP contribution is -2.32. The number of ether oxygens (including phenoxy) is 2. The smallest absolute Gasteiger partial charge is 0.414 e. The summed E-state index contributed by atoms with van der Waals surface area (Å²) in [6.07, 6.45) is -0.439. The number of carbonyl (C=O) groups excluding carboxylic acids is 1. The minimum atomic E-state index is -1.14. The predicted molar refractivity (Wildman–Crippen MR) is 127 cm³/mol. The van der Waals surface area contributed by atoms with Crippen LogP contribution in [0, 0.1) is 0 Å². The number of carboxylic acid groups (broad SMARTS) is 1. The first-order valence-electron chi connectivity index (χ1n) is 10.6. The fraction of sp³-hybridized carbons (Fsp3) is 0.261. The van der Waals surface area contributed by atoms with Crippen LogP contribution in [0.4, 0.5) is 16.7 Å². The maximum Gasteiger partial charge on any atom is 0.414 e. The Labute approximate surface area is 201 Å². The molecule has 1 atom stereocenters. The molecule has 1 aromatic heterocycles. The zero-order valence-corrected chi connectivity index (χ0v) is 19.2. The highest BCUT2D eigenvalue weighted by atomic mass is 16.6. The van der Waals surface area contributed by atoms with Crippen molar-refractivity contribution in [2.24, 2.45) is 0 Å². The van der Waals surface area contributed by atoms with Crippen LogP contribution in [0.1, 0.15) is 5.56 Å². The monoisotopic (exact) mass is 482 g/mol. The van der Waals surface area contributed by atoms with Crippen molar-refractivity contribution < 1.29 is 29.3 Å². The van der Waals surface area contributed by atoms with Crippen LogP contribution in [-0.2, 0) is 11.2 Å². The molecule has 0 saturated carbocycles. The average molecular weight is 482 g/mol. The van der Waals surface area contributed by atoms with Crippen LogP contribution < -0.4 is 20.1 Å². The van der Waals surface area contributed by atoms with E-state index < -0.39 is 24.1 Å². The van der Waals surface area contributed by atoms with Crippen LogP contribution in [0.3, 0.4) is 0 Å². The molecule has 12 heteroatoms. The van der Waals surface area contributed by atoms with Gasteiger partial charge in [0.05, 0.1) is 6.54 Å². The van der Waals surface area contributed by atoms with Crippen molar-refractivity contribution in [2.75, 3.05) is 37.9 Å². The van der Waals surface area contributed by atoms with E-state index in [1.807, 2.05) is 30.3 Å². The number of aromatic hydroxyl groups is 1. The van der Waals surface area contributed by atoms with Gasteiger partial charge in [0.25, 0.3) is 0 Å². The first-order chi connectivity index (χ1) is 16.8. The Hall–Kier alpha value is -4.61. The third-order valence-electron chi connectivity index (χ3n) is 4.56. The summed E-state index contributed by atoms with van der Waals surface area (Å²) in [7, 11) is 3.14. The summed E-state index contributed by atoms with van der Waals surface area (Å²) in [6.45, 7) is 0.654. The summed E-state index contributed by atoms with van der Waals surface area (Å²) >= 11 is 0. The SMILES string of the molecule is CN(C)C(=O)Oc1ccc(C[C@H](Nc2nc(O)nc(NCCOc3ccccc3)n2)C(=O)O)cc1. The maximum absolute atomic E-state index is 11.8. The van der Waals surface area contributed by atoms with E-state index in [-0.39, 0.29) is 18.3 Å². The summed E-state index contributed by atoms with van der Waals surface area (Å²) in [4.78, 5) is 36.4. The van der Waals surface area contributed by atoms with Crippen molar-refractivity contribution in [1.82, 2.24) is 19.9 Å². The van der Waals surface area contributed by atoms with E-state index in [1.54, 1.807) is 38.4 Å². The first-order valence-corrected chi connectivity index (χ1v) is 10.6. The van der Waals surface area contributed by atoms with Crippen molar-refractivity contribution in [3.8, 4) is 17.5 Å². The van der Waals surface area contributed by atoms with Crippen LogP contribution >= 0.6 is 0 Å². The van der Waals surface area contributed by atoms with Gasteiger partial charge in [0, 0.05) is 20.5 Å². The fourth-order valence-corrected chi connectivity index (χ4v) is 2.83. The zero-order valence-electron chi connectivity index (χ0n) is 19.2. The van der Waals surface area contributed by atoms with Gasteiger partial charge in [0.15, 0.2) is 0 Å². The number of hydrogen-bond acceptors (Lipinski definition) is 10. The molecule has 35 heavy (non-hydrogen) atoms. The topological polar surface area (TPSA) is 159 Å². The molecule has 0 radical (unpaired) electrons. The number of nitrogens with zero attached hydrogens (tertiary/aromatic N) is 4. The van der Waals surface area contributed by atoms with Gasteiger partial charge >= 0.3 is 18.1 Å². The molecule has 0 aliphatic carbocycles. The molecule has 0 bridgehead atoms. The van der Waals surface area contributed by atoms with Crippen molar-refractivity contribution >= 4 is 24.0 Å². The lowest BCUT2D eigenvalue weighted by atomic mass is 10.1. The van der Waals surface area contributed by atoms with Gasteiger partial charge < -0.3 is 35.2 Å². The highest BCUT2D eigenvalue weighted by molar-refractivity contribution is 5.77. The number of hydrogen-bond donors (Lipinski definition) is 4. The van der Waals surface area contributed by atoms with Crippen molar-refractivity contribution in [2.45, 2.75) is 12.5 Å². The van der Waals surface area contributed by atoms with E-state index in [0.717, 1.165) is 0 Å². The maximum atomic E-state index is 11.8. The lowest BCUT2D eigenvalue weighted by molar-refractivity contribution is -0.137. The Bertz CT molecular complexity index is 1130. The Morgan fingerprint density at radius 3 is 2.31 bits per heavy atom. The number of anilines is 2. The molecule has 0 aliphatic rings. The molecule has 184 valence electrons. The van der Waals surface area contributed by atoms with Gasteiger partial charge in [0.1, 0.15) is 24.1 Å². The summed E-state index contributed by atoms with van der Waals surface area (Å²) in [5, 5.41) is 25.1. The van der Waals surface area contributed by atoms with Crippen LogP contribution in [0.5, 0.6) is 17.5 Å². The minimum Gasteiger partial charge on any atom is -0.492 e. The van der Waals surface area contributed by atoms with Gasteiger partial charge in [-0.05, 0) is 29.8 Å². The second-order valence-electron chi connectivity index (χ2n) is 7.52. The largest absolute Gasteiger partial charge is 0.492 e. The Balaban J connectivity index is 1.58. The number of carbonyl (C=O) groups is 2. The van der Waals surface area contributed by atoms with Crippen molar-refractivity contribution in [3.63, 3.8) is 0 Å². The van der Waals surface area contributed by atoms with Gasteiger partial charge in [-0.2, -0.15) is 15.0 Å². The number of nitrogens with one attached hydrogen (secondary N) is 2. The second kappa shape index (κ2) is 12.0. The predicted octanol–water partition coefficient (Wildman–Crippen LogP) is 2.24. The average Bonchev–Trinajstić information content (AvgIpc) is 2.83. The van der Waals surface area contributed by atoms with E-state index in [1.165, 1.54) is 4.90 Å². The number of rotatable bonds is 11. The number of amides is 1. The Morgan fingerprint density at radius 2 is 1.66 bits per heavy atom. The van der Waals surface area contributed by atoms with Gasteiger partial charge in [-0.25, -0.2) is 9.59 Å². The van der Waals surface area contributed by atoms with Crippen molar-refractivity contribution in [3.05, 3.63) is 60.2 Å². The highest BCUT2D eigenvalue weighted by Crippen LogP contribution is 2.17. The molecule has 1 heterocycles. The second-order valence-corrected chi connectivity index (χ2v) is 7.52. The highest BCUT2D eigenvalue weighted by Gasteiger charge is 2.20. The summed E-state index contributed by atoms with van der Waals surface area (Å²) in [6, 6.07) is 14.0. The number of para-hydroxylation sites is 1. The lowest BCUT2D eigenvalue weighted by Gasteiger charge is -2.16. The van der Waals surface area contributed by atoms with Crippen LogP contribution in [0.15, 0.2) is 54.6 Å². The summed E-state index contributed by atoms with van der Waals surface area (Å²) in [5.74, 6) is -0.135. The standard InChI is InChI=1S/C23H26N6O6/c1-29(2)23(33)35-17-10-8-15(9-11-17)14-18(19(30)31)25-21-26-20(27-22(32)28-21)24-12-13-34-16-6-4-3-5-7-16/h3-11,18H,12-14H2,1-2H3,(H,30,31)(H3,24,25,26,27,28,32)/t18-/m0/s1. The summed E-state index contributed by atoms with van der Waals surface area (Å²) < 4.78 is 10.7. The molecule has 0 unspecified atom stereocenters. The summed E-state index contributed by atoms with van der Waals surface area (Å²) in [5.41, 5.74) is 0.671. The molecule has 4 N–H and O–H groups in total. The van der Waals surface area contributed by atoms with E-state index in [9.17, 15) is 19.8 Å². The number of benzene rings is 2. The number of aromatic nitrogens is 3. The Kier molecular flexibility index (Phi) is 8.59. The van der Waals surface area contributed by atoms with E-state index in [4.69, 9.17) is 9.47 Å². The van der Waals surface area contributed by atoms with E-state index in [0.29, 0.717) is 30.2 Å². The van der Waals surface area contributed by atoms with Gasteiger partial charge in [-0.3, -0.25) is 0 Å². The zero-order chi connectivity index (χ0) is 25.2. The molecule has 1 amide bonds. The van der Waals surface area contributed by atoms with Crippen LogP contribution in [-0.4, -0.2) is 75.4 Å². The van der Waals surface area contributed by atoms with Crippen LogP contribution in [0.2, 0.25) is 0 Å². The molecular formula is C23H26N6O6. The van der Waals surface area contributed by atoms with Crippen molar-refractivity contribution in [1.29, 1.82) is 0 Å². The third kappa shape index (κ3) is 8.03. The molecular weight excluding hydrogens is 456 g/mol. The quantitative estimate of drug-likeness (QED) is 0.297. The molecule has 0 spiro atoms. The fourth-order valence-electron chi connectivity index (χ4n) is 2.83. The van der Waals surface area contributed by atoms with Gasteiger partial charge in [-0.15, -0.1) is 0 Å². The molecule has 3 rings (SSSR count). The Morgan fingerprint density at radius 1 is 0.971 bits per heavy atom. The normalized spacial score (nSPS) is 11.3. The molecule has 12 nitrogen and oxygen atoms in total. The minimum absolute atomic E-state index is 0.0628. The molecule has 0 fully saturated rings. The van der Waals surface area contributed by atoms with Gasteiger partial charge in [-0.1, -0.05) is 30.3 Å². The van der Waals surface area contributed by atoms with Crippen LogP contribution in [0.25, 0.3) is 0 Å². The number of aliphatic carboxylic acids is 1. The molecule has 3 aromatic rings. The molecule has 0 saturated heterocycles. The molecule has 0 aliphatic heterocycles.